The van der Waals surface area contributed by atoms with Gasteiger partial charge in [-0.1, -0.05) is 12.1 Å². The van der Waals surface area contributed by atoms with E-state index in [1.54, 1.807) is 12.4 Å². The van der Waals surface area contributed by atoms with Crippen LogP contribution in [-0.2, 0) is 11.3 Å². The van der Waals surface area contributed by atoms with E-state index in [0.29, 0.717) is 55.5 Å². The van der Waals surface area contributed by atoms with Crippen molar-refractivity contribution in [2.24, 2.45) is 0 Å². The first kappa shape index (κ1) is 21.0. The van der Waals surface area contributed by atoms with Gasteiger partial charge in [-0.25, -0.2) is 15.0 Å². The van der Waals surface area contributed by atoms with Crippen LogP contribution in [0.15, 0.2) is 48.8 Å². The second-order valence-corrected chi connectivity index (χ2v) is 7.88. The number of nitrogens with one attached hydrogen (secondary N) is 1. The van der Waals surface area contributed by atoms with Crippen molar-refractivity contribution in [2.75, 3.05) is 36.5 Å². The van der Waals surface area contributed by atoms with Crippen molar-refractivity contribution in [3.05, 3.63) is 60.2 Å². The molecule has 3 aromatic heterocycles. The van der Waals surface area contributed by atoms with Gasteiger partial charge in [0.1, 0.15) is 5.82 Å². The molecule has 1 saturated heterocycles. The number of amides is 1. The molecule has 168 valence electrons. The van der Waals surface area contributed by atoms with Gasteiger partial charge in [-0.15, -0.1) is 0 Å². The lowest BCUT2D eigenvalue weighted by Gasteiger charge is -2.28. The number of hydrogen-bond acceptors (Lipinski definition) is 7. The molecule has 1 aliphatic rings. The fourth-order valence-corrected chi connectivity index (χ4v) is 4.01. The number of carbonyl (C=O) groups excluding carboxylic acids is 1. The van der Waals surface area contributed by atoms with Crippen molar-refractivity contribution in [3.8, 4) is 11.4 Å². The molecule has 0 atom stereocenters. The number of aryl methyl sites for hydroxylation is 2. The molecule has 9 heteroatoms. The van der Waals surface area contributed by atoms with Crippen molar-refractivity contribution in [2.45, 2.75) is 20.4 Å². The number of carbonyl (C=O) groups is 1. The van der Waals surface area contributed by atoms with Crippen LogP contribution in [0.5, 0.6) is 0 Å². The lowest BCUT2D eigenvalue weighted by molar-refractivity contribution is 0.101. The Labute approximate surface area is 191 Å². The van der Waals surface area contributed by atoms with E-state index in [9.17, 15) is 4.79 Å². The maximum absolute atomic E-state index is 13.2. The third kappa shape index (κ3) is 4.14. The van der Waals surface area contributed by atoms with E-state index in [0.717, 1.165) is 17.0 Å². The highest BCUT2D eigenvalue weighted by atomic mass is 16.5. The molecular formula is C24H25N7O2. The summed E-state index contributed by atoms with van der Waals surface area (Å²) in [5.74, 6) is 1.18. The SMILES string of the molecule is CCn1c(-c2ccncc2)nc2c(N3CCOCC3)nc(C(=O)Nc3cccc(C)c3)nc21. The first-order valence-electron chi connectivity index (χ1n) is 11.0. The van der Waals surface area contributed by atoms with Crippen LogP contribution in [0.25, 0.3) is 22.6 Å². The predicted molar refractivity (Wildman–Crippen MR) is 126 cm³/mol. The summed E-state index contributed by atoms with van der Waals surface area (Å²) < 4.78 is 7.54. The van der Waals surface area contributed by atoms with Gasteiger partial charge in [0.25, 0.3) is 5.91 Å². The van der Waals surface area contributed by atoms with Gasteiger partial charge in [0.05, 0.1) is 13.2 Å². The first-order valence-corrected chi connectivity index (χ1v) is 11.0. The van der Waals surface area contributed by atoms with E-state index in [2.05, 4.69) is 25.2 Å². The van der Waals surface area contributed by atoms with Crippen LogP contribution in [0.3, 0.4) is 0 Å². The quantitative estimate of drug-likeness (QED) is 0.505. The maximum atomic E-state index is 13.2. The molecule has 0 saturated carbocycles. The number of pyridine rings is 1. The first-order chi connectivity index (χ1) is 16.1. The largest absolute Gasteiger partial charge is 0.378 e. The van der Waals surface area contributed by atoms with E-state index in [-0.39, 0.29) is 11.7 Å². The Morgan fingerprint density at radius 2 is 1.88 bits per heavy atom. The summed E-state index contributed by atoms with van der Waals surface area (Å²) in [6.45, 7) is 7.21. The van der Waals surface area contributed by atoms with Gasteiger partial charge >= 0.3 is 0 Å². The van der Waals surface area contributed by atoms with Gasteiger partial charge in [0, 0.05) is 43.3 Å². The highest BCUT2D eigenvalue weighted by molar-refractivity contribution is 6.03. The molecule has 1 amide bonds. The fraction of sp³-hybridized carbons (Fsp3) is 0.292. The lowest BCUT2D eigenvalue weighted by Crippen LogP contribution is -2.37. The van der Waals surface area contributed by atoms with Gasteiger partial charge in [0.2, 0.25) is 5.82 Å². The summed E-state index contributed by atoms with van der Waals surface area (Å²) in [4.78, 5) is 33.7. The number of hydrogen-bond donors (Lipinski definition) is 1. The Balaban J connectivity index is 1.64. The Morgan fingerprint density at radius 1 is 1.09 bits per heavy atom. The predicted octanol–water partition coefficient (Wildman–Crippen LogP) is 3.31. The Kier molecular flexibility index (Phi) is 5.70. The molecule has 1 fully saturated rings. The minimum Gasteiger partial charge on any atom is -0.378 e. The minimum atomic E-state index is -0.355. The Hall–Kier alpha value is -3.85. The van der Waals surface area contributed by atoms with Crippen LogP contribution in [-0.4, -0.2) is 56.7 Å². The van der Waals surface area contributed by atoms with E-state index in [1.165, 1.54) is 0 Å². The summed E-state index contributed by atoms with van der Waals surface area (Å²) >= 11 is 0. The average molecular weight is 444 g/mol. The van der Waals surface area contributed by atoms with Crippen molar-refractivity contribution >= 4 is 28.6 Å². The number of morpholine rings is 1. The molecule has 0 bridgehead atoms. The van der Waals surface area contributed by atoms with Crippen molar-refractivity contribution in [3.63, 3.8) is 0 Å². The van der Waals surface area contributed by atoms with E-state index in [4.69, 9.17) is 9.72 Å². The third-order valence-electron chi connectivity index (χ3n) is 5.62. The molecule has 0 spiro atoms. The van der Waals surface area contributed by atoms with Crippen molar-refractivity contribution < 1.29 is 9.53 Å². The number of ether oxygens (including phenoxy) is 1. The summed E-state index contributed by atoms with van der Waals surface area (Å²) in [5, 5.41) is 2.92. The maximum Gasteiger partial charge on any atom is 0.293 e. The average Bonchev–Trinajstić information content (AvgIpc) is 3.23. The van der Waals surface area contributed by atoms with Crippen LogP contribution in [0.1, 0.15) is 23.1 Å². The highest BCUT2D eigenvalue weighted by Gasteiger charge is 2.25. The number of rotatable bonds is 5. The number of benzene rings is 1. The van der Waals surface area contributed by atoms with E-state index < -0.39 is 0 Å². The zero-order valence-corrected chi connectivity index (χ0v) is 18.7. The van der Waals surface area contributed by atoms with Crippen molar-refractivity contribution in [1.82, 2.24) is 24.5 Å². The zero-order valence-electron chi connectivity index (χ0n) is 18.7. The molecule has 33 heavy (non-hydrogen) atoms. The van der Waals surface area contributed by atoms with Crippen molar-refractivity contribution in [1.29, 1.82) is 0 Å². The summed E-state index contributed by atoms with van der Waals surface area (Å²) in [5.41, 5.74) is 4.01. The molecule has 4 heterocycles. The Morgan fingerprint density at radius 3 is 2.61 bits per heavy atom. The molecular weight excluding hydrogens is 418 g/mol. The van der Waals surface area contributed by atoms with Crippen LogP contribution in [0, 0.1) is 6.92 Å². The molecule has 1 aromatic carbocycles. The van der Waals surface area contributed by atoms with Crippen LogP contribution in [0.4, 0.5) is 11.5 Å². The normalized spacial score (nSPS) is 13.9. The molecule has 4 aromatic rings. The minimum absolute atomic E-state index is 0.112. The van der Waals surface area contributed by atoms with Crippen LogP contribution < -0.4 is 10.2 Å². The summed E-state index contributed by atoms with van der Waals surface area (Å²) in [7, 11) is 0. The van der Waals surface area contributed by atoms with Crippen LogP contribution in [0.2, 0.25) is 0 Å². The third-order valence-corrected chi connectivity index (χ3v) is 5.62. The standard InChI is InChI=1S/C24H25N7O2/c1-3-31-21(17-7-9-25-10-8-17)27-19-22(30-11-13-33-14-12-30)28-20(29-23(19)31)24(32)26-18-6-4-5-16(2)15-18/h4-10,15H,3,11-14H2,1-2H3,(H,26,32). The van der Waals surface area contributed by atoms with Gasteiger partial charge in [0.15, 0.2) is 17.0 Å². The summed E-state index contributed by atoms with van der Waals surface area (Å²) in [6.07, 6.45) is 3.48. The van der Waals surface area contributed by atoms with Crippen LogP contribution >= 0.6 is 0 Å². The molecule has 0 aliphatic carbocycles. The van der Waals surface area contributed by atoms with Gasteiger partial charge in [-0.05, 0) is 43.7 Å². The number of fused-ring (bicyclic) bond motifs is 1. The van der Waals surface area contributed by atoms with E-state index >= 15 is 0 Å². The number of nitrogens with zero attached hydrogens (tertiary/aromatic N) is 6. The lowest BCUT2D eigenvalue weighted by atomic mass is 10.2. The van der Waals surface area contributed by atoms with E-state index in [1.807, 2.05) is 54.8 Å². The second-order valence-electron chi connectivity index (χ2n) is 7.88. The summed E-state index contributed by atoms with van der Waals surface area (Å²) in [6, 6.07) is 11.5. The number of imidazole rings is 1. The number of aromatic nitrogens is 5. The number of anilines is 2. The smallest absolute Gasteiger partial charge is 0.293 e. The van der Waals surface area contributed by atoms with Gasteiger partial charge in [-0.2, -0.15) is 0 Å². The molecule has 1 aliphatic heterocycles. The van der Waals surface area contributed by atoms with Gasteiger partial charge in [-0.3, -0.25) is 9.78 Å². The second kappa shape index (κ2) is 8.95. The molecule has 1 N–H and O–H groups in total. The Bertz CT molecular complexity index is 1300. The topological polar surface area (TPSA) is 98.1 Å². The molecule has 9 nitrogen and oxygen atoms in total. The monoisotopic (exact) mass is 443 g/mol. The molecule has 0 unspecified atom stereocenters. The fourth-order valence-electron chi connectivity index (χ4n) is 4.01. The molecule has 0 radical (unpaired) electrons. The highest BCUT2D eigenvalue weighted by Crippen LogP contribution is 2.29. The zero-order chi connectivity index (χ0) is 22.8. The van der Waals surface area contributed by atoms with Gasteiger partial charge < -0.3 is 19.5 Å². The molecule has 5 rings (SSSR count).